The molecule has 0 atom stereocenters. The normalized spacial score (nSPS) is 10.9. The predicted molar refractivity (Wildman–Crippen MR) is 69.8 cm³/mol. The lowest BCUT2D eigenvalue weighted by molar-refractivity contribution is 0.447. The van der Waals surface area contributed by atoms with E-state index in [1.807, 2.05) is 0 Å². The van der Waals surface area contributed by atoms with Crippen molar-refractivity contribution in [1.29, 1.82) is 0 Å². The summed E-state index contributed by atoms with van der Waals surface area (Å²) in [4.78, 5) is 23.7. The van der Waals surface area contributed by atoms with Gasteiger partial charge in [-0.25, -0.2) is 9.36 Å². The van der Waals surface area contributed by atoms with Gasteiger partial charge in [-0.15, -0.1) is 0 Å². The number of para-hydroxylation sites is 1. The Balaban J connectivity index is 2.49. The van der Waals surface area contributed by atoms with Gasteiger partial charge in [0.25, 0.3) is 5.56 Å². The molecule has 0 aliphatic heterocycles. The second-order valence-corrected chi connectivity index (χ2v) is 4.51. The molecule has 0 bridgehead atoms. The van der Waals surface area contributed by atoms with Gasteiger partial charge in [0.15, 0.2) is 0 Å². The number of benzene rings is 1. The van der Waals surface area contributed by atoms with Crippen LogP contribution in [0.5, 0.6) is 0 Å². The largest absolute Gasteiger partial charge is 0.422 e. The van der Waals surface area contributed by atoms with Gasteiger partial charge in [0.2, 0.25) is 0 Å². The van der Waals surface area contributed by atoms with Crippen molar-refractivity contribution in [3.63, 3.8) is 0 Å². The molecular weight excluding hydrogens is 286 g/mol. The van der Waals surface area contributed by atoms with Crippen LogP contribution in [-0.4, -0.2) is 9.90 Å². The van der Waals surface area contributed by atoms with E-state index in [1.165, 1.54) is 0 Å². The topological polar surface area (TPSA) is 52.2 Å². The van der Waals surface area contributed by atoms with Gasteiger partial charge in [0, 0.05) is 11.9 Å². The lowest BCUT2D eigenvalue weighted by Gasteiger charge is -2.03. The smallest absolute Gasteiger partial charge is 0.409 e. The van der Waals surface area contributed by atoms with Crippen molar-refractivity contribution < 1.29 is 4.42 Å². The van der Waals surface area contributed by atoms with Crippen LogP contribution in [0.4, 0.5) is 0 Å². The highest BCUT2D eigenvalue weighted by atomic mass is 79.9. The molecule has 0 fully saturated rings. The number of fused-ring (bicyclic) bond motifs is 1. The first-order valence-electron chi connectivity index (χ1n) is 5.42. The van der Waals surface area contributed by atoms with Crippen LogP contribution in [0.25, 0.3) is 11.0 Å². The van der Waals surface area contributed by atoms with E-state index in [2.05, 4.69) is 15.9 Å². The minimum Gasteiger partial charge on any atom is -0.409 e. The molecule has 0 spiro atoms. The number of rotatable bonds is 4. The first kappa shape index (κ1) is 12.1. The lowest BCUT2D eigenvalue weighted by atomic mass is 10.2. The lowest BCUT2D eigenvalue weighted by Crippen LogP contribution is -2.32. The number of alkyl halides is 1. The number of aromatic nitrogens is 1. The molecule has 2 rings (SSSR count). The first-order chi connectivity index (χ1) is 8.24. The third-order valence-corrected chi connectivity index (χ3v) is 3.11. The molecular formula is C12H12BrNO3. The number of hydrogen-bond acceptors (Lipinski definition) is 3. The Bertz CT molecular complexity index is 629. The van der Waals surface area contributed by atoms with E-state index in [-0.39, 0.29) is 5.56 Å². The molecule has 5 heteroatoms. The summed E-state index contributed by atoms with van der Waals surface area (Å²) in [6.45, 7) is 0.400. The minimum atomic E-state index is -0.580. The zero-order valence-corrected chi connectivity index (χ0v) is 10.8. The fourth-order valence-electron chi connectivity index (χ4n) is 1.67. The average Bonchev–Trinajstić information content (AvgIpc) is 2.33. The second-order valence-electron chi connectivity index (χ2n) is 3.72. The molecule has 4 nitrogen and oxygen atoms in total. The Hall–Kier alpha value is -1.36. The van der Waals surface area contributed by atoms with Crippen molar-refractivity contribution in [2.45, 2.75) is 19.4 Å². The summed E-state index contributed by atoms with van der Waals surface area (Å²) < 4.78 is 6.26. The van der Waals surface area contributed by atoms with Crippen molar-refractivity contribution in [2.75, 3.05) is 5.33 Å². The van der Waals surface area contributed by atoms with Crippen LogP contribution in [0, 0.1) is 0 Å². The van der Waals surface area contributed by atoms with Crippen molar-refractivity contribution in [3.8, 4) is 0 Å². The van der Waals surface area contributed by atoms with Crippen LogP contribution in [0.3, 0.4) is 0 Å². The highest BCUT2D eigenvalue weighted by Gasteiger charge is 2.08. The molecule has 0 aliphatic carbocycles. The third kappa shape index (κ3) is 2.49. The van der Waals surface area contributed by atoms with Crippen LogP contribution >= 0.6 is 15.9 Å². The van der Waals surface area contributed by atoms with E-state index in [4.69, 9.17) is 4.42 Å². The van der Waals surface area contributed by atoms with Gasteiger partial charge < -0.3 is 4.42 Å². The van der Waals surface area contributed by atoms with Gasteiger partial charge in [-0.3, -0.25) is 4.79 Å². The SMILES string of the molecule is O=c1oc2ccccc2c(=O)n1CCCCBr. The van der Waals surface area contributed by atoms with E-state index in [1.54, 1.807) is 24.3 Å². The average molecular weight is 298 g/mol. The Labute approximate surface area is 106 Å². The molecule has 1 aromatic heterocycles. The molecule has 1 aromatic carbocycles. The molecule has 90 valence electrons. The van der Waals surface area contributed by atoms with Gasteiger partial charge in [0.05, 0.1) is 5.39 Å². The van der Waals surface area contributed by atoms with E-state index in [0.717, 1.165) is 22.7 Å². The number of nitrogens with zero attached hydrogens (tertiary/aromatic N) is 1. The number of halogens is 1. The number of unbranched alkanes of at least 4 members (excludes halogenated alkanes) is 1. The Morgan fingerprint density at radius 2 is 1.94 bits per heavy atom. The van der Waals surface area contributed by atoms with E-state index >= 15 is 0 Å². The Morgan fingerprint density at radius 3 is 2.71 bits per heavy atom. The van der Waals surface area contributed by atoms with Crippen LogP contribution in [0.2, 0.25) is 0 Å². The first-order valence-corrected chi connectivity index (χ1v) is 6.55. The summed E-state index contributed by atoms with van der Waals surface area (Å²) in [5.74, 6) is -0.580. The Morgan fingerprint density at radius 1 is 1.18 bits per heavy atom. The zero-order valence-electron chi connectivity index (χ0n) is 9.19. The van der Waals surface area contributed by atoms with Gasteiger partial charge in [-0.05, 0) is 25.0 Å². The molecule has 0 N–H and O–H groups in total. The molecule has 0 saturated heterocycles. The van der Waals surface area contributed by atoms with Gasteiger partial charge in [-0.2, -0.15) is 0 Å². The molecule has 0 aliphatic rings. The van der Waals surface area contributed by atoms with E-state index in [0.29, 0.717) is 17.5 Å². The number of hydrogen-bond donors (Lipinski definition) is 0. The molecule has 0 unspecified atom stereocenters. The van der Waals surface area contributed by atoms with Crippen LogP contribution in [0.1, 0.15) is 12.8 Å². The molecule has 2 aromatic rings. The summed E-state index contributed by atoms with van der Waals surface area (Å²) in [7, 11) is 0. The van der Waals surface area contributed by atoms with Gasteiger partial charge in [0.1, 0.15) is 5.58 Å². The second kappa shape index (κ2) is 5.31. The maximum Gasteiger partial charge on any atom is 0.422 e. The molecule has 0 saturated carbocycles. The van der Waals surface area contributed by atoms with Crippen LogP contribution < -0.4 is 11.3 Å². The van der Waals surface area contributed by atoms with Crippen LogP contribution in [-0.2, 0) is 6.54 Å². The third-order valence-electron chi connectivity index (χ3n) is 2.55. The van der Waals surface area contributed by atoms with Crippen molar-refractivity contribution in [2.24, 2.45) is 0 Å². The molecule has 0 radical (unpaired) electrons. The minimum absolute atomic E-state index is 0.272. The molecule has 1 heterocycles. The van der Waals surface area contributed by atoms with E-state index < -0.39 is 5.76 Å². The van der Waals surface area contributed by atoms with E-state index in [9.17, 15) is 9.59 Å². The van der Waals surface area contributed by atoms with Crippen LogP contribution in [0.15, 0.2) is 38.3 Å². The molecule has 17 heavy (non-hydrogen) atoms. The summed E-state index contributed by atoms with van der Waals surface area (Å²) in [5, 5.41) is 1.31. The van der Waals surface area contributed by atoms with Gasteiger partial charge in [-0.1, -0.05) is 28.1 Å². The monoisotopic (exact) mass is 297 g/mol. The van der Waals surface area contributed by atoms with Crippen molar-refractivity contribution in [1.82, 2.24) is 4.57 Å². The highest BCUT2D eigenvalue weighted by Crippen LogP contribution is 2.06. The van der Waals surface area contributed by atoms with Crippen molar-refractivity contribution >= 4 is 26.9 Å². The molecule has 0 amide bonds. The van der Waals surface area contributed by atoms with Gasteiger partial charge >= 0.3 is 5.76 Å². The quantitative estimate of drug-likeness (QED) is 0.642. The Kier molecular flexibility index (Phi) is 3.78. The summed E-state index contributed by atoms with van der Waals surface area (Å²) in [6, 6.07) is 6.79. The van der Waals surface area contributed by atoms with Crippen molar-refractivity contribution in [3.05, 3.63) is 45.2 Å². The summed E-state index contributed by atoms with van der Waals surface area (Å²) >= 11 is 3.31. The maximum absolute atomic E-state index is 12.0. The highest BCUT2D eigenvalue weighted by molar-refractivity contribution is 9.09. The zero-order chi connectivity index (χ0) is 12.3. The maximum atomic E-state index is 12.0. The predicted octanol–water partition coefficient (Wildman–Crippen LogP) is 2.13. The summed E-state index contributed by atoms with van der Waals surface area (Å²) in [6.07, 6.45) is 1.69. The fourth-order valence-corrected chi connectivity index (χ4v) is 2.06. The summed E-state index contributed by atoms with van der Waals surface area (Å²) in [5.41, 5.74) is 0.0747. The standard InChI is InChI=1S/C12H12BrNO3/c13-7-3-4-8-14-11(15)9-5-1-2-6-10(9)17-12(14)16/h1-2,5-6H,3-4,7-8H2. The fraction of sp³-hybridized carbons (Fsp3) is 0.333.